The van der Waals surface area contributed by atoms with Crippen molar-refractivity contribution in [2.75, 3.05) is 11.1 Å². The van der Waals surface area contributed by atoms with Gasteiger partial charge in [0.25, 0.3) is 0 Å². The molecule has 0 radical (unpaired) electrons. The Morgan fingerprint density at radius 1 is 1.00 bits per heavy atom. The first-order chi connectivity index (χ1) is 10.6. The van der Waals surface area contributed by atoms with Crippen LogP contribution < -0.4 is 11.1 Å². The fourth-order valence-corrected chi connectivity index (χ4v) is 2.93. The van der Waals surface area contributed by atoms with E-state index in [-0.39, 0.29) is 0 Å². The lowest BCUT2D eigenvalue weighted by atomic mass is 10.0. The lowest BCUT2D eigenvalue weighted by Gasteiger charge is -2.07. The molecule has 2 aromatic carbocycles. The summed E-state index contributed by atoms with van der Waals surface area (Å²) in [6, 6.07) is 16.3. The van der Waals surface area contributed by atoms with Gasteiger partial charge in [-0.3, -0.25) is 0 Å². The SMILES string of the molecule is CC(C)c1ccc(Nc2nc(-c3ccc(N)cc3)cs2)cc1. The number of nitrogens with zero attached hydrogens (tertiary/aromatic N) is 1. The van der Waals surface area contributed by atoms with Crippen LogP contribution in [0.3, 0.4) is 0 Å². The standard InChI is InChI=1S/C18H19N3S/c1-12(2)13-5-9-16(10-6-13)20-18-21-17(11-22-18)14-3-7-15(19)8-4-14/h3-12H,19H2,1-2H3,(H,20,21). The molecule has 3 nitrogen and oxygen atoms in total. The summed E-state index contributed by atoms with van der Waals surface area (Å²) in [5.41, 5.74) is 10.9. The minimum absolute atomic E-state index is 0.547. The Bertz CT molecular complexity index is 743. The number of hydrogen-bond acceptors (Lipinski definition) is 4. The van der Waals surface area contributed by atoms with Gasteiger partial charge >= 0.3 is 0 Å². The smallest absolute Gasteiger partial charge is 0.187 e. The Morgan fingerprint density at radius 3 is 2.32 bits per heavy atom. The molecule has 0 aliphatic heterocycles. The highest BCUT2D eigenvalue weighted by molar-refractivity contribution is 7.14. The normalized spacial score (nSPS) is 10.9. The number of thiazole rings is 1. The molecule has 3 rings (SSSR count). The van der Waals surface area contributed by atoms with Crippen LogP contribution in [0.4, 0.5) is 16.5 Å². The largest absolute Gasteiger partial charge is 0.399 e. The summed E-state index contributed by atoms with van der Waals surface area (Å²) in [6.45, 7) is 4.39. The first kappa shape index (κ1) is 14.6. The minimum Gasteiger partial charge on any atom is -0.399 e. The fraction of sp³-hybridized carbons (Fsp3) is 0.167. The van der Waals surface area contributed by atoms with E-state index in [4.69, 9.17) is 5.73 Å². The van der Waals surface area contributed by atoms with Gasteiger partial charge in [-0.2, -0.15) is 0 Å². The van der Waals surface area contributed by atoms with Gasteiger partial charge in [-0.15, -0.1) is 11.3 Å². The van der Waals surface area contributed by atoms with E-state index in [1.165, 1.54) is 5.56 Å². The molecule has 0 aliphatic rings. The molecule has 3 N–H and O–H groups in total. The van der Waals surface area contributed by atoms with Crippen LogP contribution in [-0.4, -0.2) is 4.98 Å². The minimum atomic E-state index is 0.547. The summed E-state index contributed by atoms with van der Waals surface area (Å²) < 4.78 is 0. The molecule has 0 bridgehead atoms. The quantitative estimate of drug-likeness (QED) is 0.646. The highest BCUT2D eigenvalue weighted by Gasteiger charge is 2.05. The van der Waals surface area contributed by atoms with E-state index in [0.717, 1.165) is 27.8 Å². The van der Waals surface area contributed by atoms with Gasteiger partial charge in [-0.25, -0.2) is 4.98 Å². The molecule has 3 aromatic rings. The van der Waals surface area contributed by atoms with E-state index < -0.39 is 0 Å². The van der Waals surface area contributed by atoms with Gasteiger partial charge in [-0.05, 0) is 35.7 Å². The van der Waals surface area contributed by atoms with Crippen molar-refractivity contribution in [1.82, 2.24) is 4.98 Å². The van der Waals surface area contributed by atoms with E-state index >= 15 is 0 Å². The number of benzene rings is 2. The summed E-state index contributed by atoms with van der Waals surface area (Å²) in [5, 5.41) is 6.30. The van der Waals surface area contributed by atoms with Gasteiger partial charge in [-0.1, -0.05) is 38.1 Å². The molecule has 4 heteroatoms. The number of nitrogens with one attached hydrogen (secondary N) is 1. The molecule has 0 aliphatic carbocycles. The van der Waals surface area contributed by atoms with Crippen LogP contribution in [0.2, 0.25) is 0 Å². The average molecular weight is 309 g/mol. The van der Waals surface area contributed by atoms with Gasteiger partial charge in [0.15, 0.2) is 5.13 Å². The molecular formula is C18H19N3S. The number of anilines is 3. The Kier molecular flexibility index (Phi) is 4.11. The zero-order valence-corrected chi connectivity index (χ0v) is 13.5. The van der Waals surface area contributed by atoms with Gasteiger partial charge in [0.1, 0.15) is 0 Å². The van der Waals surface area contributed by atoms with E-state index in [1.54, 1.807) is 11.3 Å². The predicted molar refractivity (Wildman–Crippen MR) is 95.8 cm³/mol. The fourth-order valence-electron chi connectivity index (χ4n) is 2.19. The second kappa shape index (κ2) is 6.20. The maximum Gasteiger partial charge on any atom is 0.187 e. The molecule has 1 heterocycles. The van der Waals surface area contributed by atoms with Crippen molar-refractivity contribution < 1.29 is 0 Å². The van der Waals surface area contributed by atoms with Gasteiger partial charge in [0.2, 0.25) is 0 Å². The lowest BCUT2D eigenvalue weighted by Crippen LogP contribution is -1.91. The maximum absolute atomic E-state index is 5.72. The molecule has 0 unspecified atom stereocenters. The molecule has 1 aromatic heterocycles. The second-order valence-electron chi connectivity index (χ2n) is 5.56. The third kappa shape index (κ3) is 3.28. The summed E-state index contributed by atoms with van der Waals surface area (Å²) in [5.74, 6) is 0.547. The third-order valence-corrected chi connectivity index (χ3v) is 4.30. The monoisotopic (exact) mass is 309 g/mol. The van der Waals surface area contributed by atoms with E-state index in [9.17, 15) is 0 Å². The molecule has 0 spiro atoms. The summed E-state index contributed by atoms with van der Waals surface area (Å²) >= 11 is 1.60. The second-order valence-corrected chi connectivity index (χ2v) is 6.42. The van der Waals surface area contributed by atoms with Crippen LogP contribution in [0.15, 0.2) is 53.9 Å². The van der Waals surface area contributed by atoms with Gasteiger partial charge in [0, 0.05) is 22.3 Å². The Balaban J connectivity index is 1.75. The number of aromatic nitrogens is 1. The lowest BCUT2D eigenvalue weighted by molar-refractivity contribution is 0.867. The van der Waals surface area contributed by atoms with Crippen LogP contribution in [-0.2, 0) is 0 Å². The molecule has 0 saturated heterocycles. The highest BCUT2D eigenvalue weighted by atomic mass is 32.1. The van der Waals surface area contributed by atoms with Crippen LogP contribution in [0, 0.1) is 0 Å². The Morgan fingerprint density at radius 2 is 1.68 bits per heavy atom. The first-order valence-electron chi connectivity index (χ1n) is 7.30. The van der Waals surface area contributed by atoms with Crippen LogP contribution in [0.25, 0.3) is 11.3 Å². The van der Waals surface area contributed by atoms with Crippen molar-refractivity contribution in [2.24, 2.45) is 0 Å². The summed E-state index contributed by atoms with van der Waals surface area (Å²) in [6.07, 6.45) is 0. The number of hydrogen-bond donors (Lipinski definition) is 2. The van der Waals surface area contributed by atoms with Crippen molar-refractivity contribution >= 4 is 27.8 Å². The van der Waals surface area contributed by atoms with Crippen molar-refractivity contribution in [1.29, 1.82) is 0 Å². The van der Waals surface area contributed by atoms with E-state index in [1.807, 2.05) is 24.3 Å². The summed E-state index contributed by atoms with van der Waals surface area (Å²) in [7, 11) is 0. The molecule has 0 saturated carbocycles. The molecule has 22 heavy (non-hydrogen) atoms. The molecular weight excluding hydrogens is 290 g/mol. The maximum atomic E-state index is 5.72. The first-order valence-corrected chi connectivity index (χ1v) is 8.18. The van der Waals surface area contributed by atoms with Crippen LogP contribution in [0.1, 0.15) is 25.3 Å². The third-order valence-electron chi connectivity index (χ3n) is 3.54. The van der Waals surface area contributed by atoms with Crippen molar-refractivity contribution in [2.45, 2.75) is 19.8 Å². The number of nitrogens with two attached hydrogens (primary N) is 1. The van der Waals surface area contributed by atoms with Crippen molar-refractivity contribution in [3.63, 3.8) is 0 Å². The molecule has 112 valence electrons. The van der Waals surface area contributed by atoms with E-state index in [2.05, 4.69) is 53.8 Å². The number of rotatable bonds is 4. The zero-order chi connectivity index (χ0) is 15.5. The molecule has 0 fully saturated rings. The van der Waals surface area contributed by atoms with Crippen LogP contribution in [0.5, 0.6) is 0 Å². The van der Waals surface area contributed by atoms with Crippen molar-refractivity contribution in [3.05, 3.63) is 59.5 Å². The highest BCUT2D eigenvalue weighted by Crippen LogP contribution is 2.28. The summed E-state index contributed by atoms with van der Waals surface area (Å²) in [4.78, 5) is 4.63. The van der Waals surface area contributed by atoms with Gasteiger partial charge in [0.05, 0.1) is 5.69 Å². The van der Waals surface area contributed by atoms with E-state index in [0.29, 0.717) is 5.92 Å². The zero-order valence-electron chi connectivity index (χ0n) is 12.7. The van der Waals surface area contributed by atoms with Gasteiger partial charge < -0.3 is 11.1 Å². The Hall–Kier alpha value is -2.33. The van der Waals surface area contributed by atoms with Crippen molar-refractivity contribution in [3.8, 4) is 11.3 Å². The van der Waals surface area contributed by atoms with Crippen LogP contribution >= 0.6 is 11.3 Å². The number of nitrogen functional groups attached to an aromatic ring is 1. The molecule has 0 atom stereocenters. The topological polar surface area (TPSA) is 50.9 Å². The Labute approximate surface area is 134 Å². The molecule has 0 amide bonds. The average Bonchev–Trinajstić information content (AvgIpc) is 2.97. The predicted octanol–water partition coefficient (Wildman–Crippen LogP) is 5.26.